The lowest BCUT2D eigenvalue weighted by molar-refractivity contribution is 0.554. The number of nitrogens with zero attached hydrogens (tertiary/aromatic N) is 4. The molecule has 0 aliphatic carbocycles. The van der Waals surface area contributed by atoms with Crippen molar-refractivity contribution in [1.82, 2.24) is 19.3 Å². The Kier molecular flexibility index (Phi) is 4.12. The van der Waals surface area contributed by atoms with E-state index < -0.39 is 0 Å². The second kappa shape index (κ2) is 5.54. The summed E-state index contributed by atoms with van der Waals surface area (Å²) in [5.41, 5.74) is 9.31. The lowest BCUT2D eigenvalue weighted by atomic mass is 9.89. The Morgan fingerprint density at radius 1 is 1.24 bits per heavy atom. The van der Waals surface area contributed by atoms with Gasteiger partial charge in [0.05, 0.1) is 5.69 Å². The van der Waals surface area contributed by atoms with Crippen LogP contribution in [0, 0.1) is 0 Å². The highest BCUT2D eigenvalue weighted by Crippen LogP contribution is 2.34. The van der Waals surface area contributed by atoms with Crippen LogP contribution in [0.4, 0.5) is 5.82 Å². The Balaban J connectivity index is 2.63. The van der Waals surface area contributed by atoms with E-state index in [4.69, 9.17) is 10.7 Å². The summed E-state index contributed by atoms with van der Waals surface area (Å²) in [4.78, 5) is 4.79. The predicted octanol–water partition coefficient (Wildman–Crippen LogP) is 3.14. The second-order valence-corrected chi connectivity index (χ2v) is 6.58. The van der Waals surface area contributed by atoms with Crippen LogP contribution in [-0.4, -0.2) is 19.3 Å². The van der Waals surface area contributed by atoms with Gasteiger partial charge in [-0.25, -0.2) is 4.98 Å². The average Bonchev–Trinajstić information content (AvgIpc) is 2.92. The monoisotopic (exact) mass is 289 g/mol. The molecule has 5 nitrogen and oxygen atoms in total. The van der Waals surface area contributed by atoms with Gasteiger partial charge < -0.3 is 10.3 Å². The Bertz CT molecular complexity index is 628. The minimum absolute atomic E-state index is 0.0378. The van der Waals surface area contributed by atoms with Crippen LogP contribution in [0.5, 0.6) is 0 Å². The Morgan fingerprint density at radius 2 is 1.90 bits per heavy atom. The maximum absolute atomic E-state index is 6.38. The highest BCUT2D eigenvalue weighted by atomic mass is 15.3. The summed E-state index contributed by atoms with van der Waals surface area (Å²) in [5, 5.41) is 4.62. The summed E-state index contributed by atoms with van der Waals surface area (Å²) in [5.74, 6) is 1.81. The number of anilines is 1. The Morgan fingerprint density at radius 3 is 2.43 bits per heavy atom. The first-order chi connectivity index (χ1) is 9.79. The molecule has 0 aromatic carbocycles. The minimum atomic E-state index is -0.0378. The molecule has 0 saturated heterocycles. The van der Waals surface area contributed by atoms with Gasteiger partial charge in [-0.3, -0.25) is 4.68 Å². The van der Waals surface area contributed by atoms with Gasteiger partial charge in [0.25, 0.3) is 0 Å². The number of hydrogen-bond acceptors (Lipinski definition) is 3. The van der Waals surface area contributed by atoms with Crippen LogP contribution in [0.1, 0.15) is 52.6 Å². The molecule has 0 unspecified atom stereocenters. The summed E-state index contributed by atoms with van der Waals surface area (Å²) in [7, 11) is 1.94. The fourth-order valence-corrected chi connectivity index (χ4v) is 2.67. The fraction of sp³-hybridized carbons (Fsp3) is 0.625. The van der Waals surface area contributed by atoms with Gasteiger partial charge >= 0.3 is 0 Å². The highest BCUT2D eigenvalue weighted by molar-refractivity contribution is 5.73. The standard InChI is InChI=1S/C16H27N5/c1-7-9-21-12(8-2)18-13(15(21)17)11-10-20(6)19-14(11)16(3,4)5/h10H,7-9,17H2,1-6H3. The first-order valence-electron chi connectivity index (χ1n) is 7.68. The Hall–Kier alpha value is -1.78. The van der Waals surface area contributed by atoms with Crippen LogP contribution in [0.25, 0.3) is 11.3 Å². The normalized spacial score (nSPS) is 12.1. The SMILES string of the molecule is CCCn1c(CC)nc(-c2cn(C)nc2C(C)(C)C)c1N. The Labute approximate surface area is 127 Å². The summed E-state index contributed by atoms with van der Waals surface area (Å²) in [6.07, 6.45) is 3.95. The molecule has 0 atom stereocenters. The van der Waals surface area contributed by atoms with Crippen molar-refractivity contribution in [2.75, 3.05) is 5.73 Å². The maximum Gasteiger partial charge on any atom is 0.131 e. The first kappa shape index (κ1) is 15.6. The van der Waals surface area contributed by atoms with Crippen LogP contribution >= 0.6 is 0 Å². The quantitative estimate of drug-likeness (QED) is 0.940. The molecule has 2 heterocycles. The van der Waals surface area contributed by atoms with Crippen molar-refractivity contribution in [3.05, 3.63) is 17.7 Å². The minimum Gasteiger partial charge on any atom is -0.383 e. The molecule has 0 bridgehead atoms. The lowest BCUT2D eigenvalue weighted by Crippen LogP contribution is -2.14. The molecular weight excluding hydrogens is 262 g/mol. The van der Waals surface area contributed by atoms with Gasteiger partial charge in [-0.2, -0.15) is 5.10 Å². The zero-order valence-corrected chi connectivity index (χ0v) is 14.1. The molecule has 0 saturated carbocycles. The van der Waals surface area contributed by atoms with Crippen molar-refractivity contribution in [3.63, 3.8) is 0 Å². The number of hydrogen-bond donors (Lipinski definition) is 1. The molecule has 2 aromatic heterocycles. The van der Waals surface area contributed by atoms with E-state index in [9.17, 15) is 0 Å². The molecule has 0 aliphatic heterocycles. The third kappa shape index (κ3) is 2.82. The summed E-state index contributed by atoms with van der Waals surface area (Å²) >= 11 is 0. The van der Waals surface area contributed by atoms with Gasteiger partial charge in [0.1, 0.15) is 17.3 Å². The molecule has 2 rings (SSSR count). The molecule has 0 spiro atoms. The smallest absolute Gasteiger partial charge is 0.131 e. The summed E-state index contributed by atoms with van der Waals surface area (Å²) in [6, 6.07) is 0. The van der Waals surface area contributed by atoms with Crippen LogP contribution in [0.2, 0.25) is 0 Å². The molecule has 2 N–H and O–H groups in total. The van der Waals surface area contributed by atoms with Crippen molar-refractivity contribution < 1.29 is 0 Å². The highest BCUT2D eigenvalue weighted by Gasteiger charge is 2.26. The van der Waals surface area contributed by atoms with Crippen LogP contribution in [0.3, 0.4) is 0 Å². The van der Waals surface area contributed by atoms with Gasteiger partial charge in [0, 0.05) is 37.2 Å². The number of aryl methyl sites for hydroxylation is 2. The second-order valence-electron chi connectivity index (χ2n) is 6.58. The number of nitrogen functional groups attached to an aromatic ring is 1. The van der Waals surface area contributed by atoms with Gasteiger partial charge in [-0.1, -0.05) is 34.6 Å². The zero-order chi connectivity index (χ0) is 15.8. The van der Waals surface area contributed by atoms with Crippen LogP contribution < -0.4 is 5.73 Å². The molecule has 0 aliphatic rings. The molecule has 0 amide bonds. The van der Waals surface area contributed by atoms with Crippen molar-refractivity contribution in [2.45, 2.75) is 59.4 Å². The molecule has 0 fully saturated rings. The molecule has 21 heavy (non-hydrogen) atoms. The zero-order valence-electron chi connectivity index (χ0n) is 14.1. The lowest BCUT2D eigenvalue weighted by Gasteiger charge is -2.17. The molecule has 5 heteroatoms. The fourth-order valence-electron chi connectivity index (χ4n) is 2.67. The first-order valence-corrected chi connectivity index (χ1v) is 7.68. The van der Waals surface area contributed by atoms with Crippen LogP contribution in [0.15, 0.2) is 6.20 Å². The average molecular weight is 289 g/mol. The van der Waals surface area contributed by atoms with E-state index >= 15 is 0 Å². The number of rotatable bonds is 4. The van der Waals surface area contributed by atoms with Crippen molar-refractivity contribution >= 4 is 5.82 Å². The van der Waals surface area contributed by atoms with Gasteiger partial charge in [0.2, 0.25) is 0 Å². The maximum atomic E-state index is 6.38. The van der Waals surface area contributed by atoms with Gasteiger partial charge in [-0.05, 0) is 6.42 Å². The van der Waals surface area contributed by atoms with Crippen molar-refractivity contribution in [2.24, 2.45) is 7.05 Å². The number of imidazole rings is 1. The topological polar surface area (TPSA) is 61.7 Å². The molecule has 2 aromatic rings. The van der Waals surface area contributed by atoms with Crippen molar-refractivity contribution in [1.29, 1.82) is 0 Å². The van der Waals surface area contributed by atoms with Gasteiger partial charge in [-0.15, -0.1) is 0 Å². The third-order valence-corrected chi connectivity index (χ3v) is 3.64. The van der Waals surface area contributed by atoms with Crippen LogP contribution in [-0.2, 0) is 25.4 Å². The number of nitrogens with two attached hydrogens (primary N) is 1. The van der Waals surface area contributed by atoms with E-state index in [2.05, 4.69) is 44.3 Å². The van der Waals surface area contributed by atoms with E-state index in [1.807, 2.05) is 17.9 Å². The van der Waals surface area contributed by atoms with E-state index in [0.29, 0.717) is 0 Å². The summed E-state index contributed by atoms with van der Waals surface area (Å²) < 4.78 is 3.98. The predicted molar refractivity (Wildman–Crippen MR) is 87.2 cm³/mol. The third-order valence-electron chi connectivity index (χ3n) is 3.64. The van der Waals surface area contributed by atoms with E-state index in [0.717, 1.165) is 48.0 Å². The van der Waals surface area contributed by atoms with E-state index in [1.54, 1.807) is 0 Å². The molecule has 116 valence electrons. The molecule has 0 radical (unpaired) electrons. The van der Waals surface area contributed by atoms with Crippen molar-refractivity contribution in [3.8, 4) is 11.3 Å². The van der Waals surface area contributed by atoms with E-state index in [-0.39, 0.29) is 5.41 Å². The van der Waals surface area contributed by atoms with Gasteiger partial charge in [0.15, 0.2) is 0 Å². The number of aromatic nitrogens is 4. The summed E-state index contributed by atoms with van der Waals surface area (Å²) in [6.45, 7) is 11.7. The molecular formula is C16H27N5. The van der Waals surface area contributed by atoms with E-state index in [1.165, 1.54) is 0 Å². The largest absolute Gasteiger partial charge is 0.383 e.